The van der Waals surface area contributed by atoms with E-state index in [2.05, 4.69) is 5.43 Å². The Bertz CT molecular complexity index is 528. The van der Waals surface area contributed by atoms with Crippen LogP contribution in [0, 0.1) is 16.0 Å². The summed E-state index contributed by atoms with van der Waals surface area (Å²) in [7, 11) is 0. The zero-order valence-electron chi connectivity index (χ0n) is 11.3. The number of rotatable bonds is 6. The molecule has 1 aromatic carbocycles. The molecule has 7 nitrogen and oxygen atoms in total. The SMILES string of the molecule is CCN(CC1CC1)C(=O)c1cc(NN)ccc1[N+](=O)[O-]. The Hall–Kier alpha value is -2.15. The third-order valence-electron chi connectivity index (χ3n) is 3.43. The number of nitrogens with zero attached hydrogens (tertiary/aromatic N) is 2. The van der Waals surface area contributed by atoms with E-state index in [-0.39, 0.29) is 17.2 Å². The summed E-state index contributed by atoms with van der Waals surface area (Å²) in [5.41, 5.74) is 2.76. The first-order valence-electron chi connectivity index (χ1n) is 6.61. The molecule has 0 radical (unpaired) electrons. The summed E-state index contributed by atoms with van der Waals surface area (Å²) in [5.74, 6) is 5.52. The van der Waals surface area contributed by atoms with Crippen molar-refractivity contribution >= 4 is 17.3 Å². The van der Waals surface area contributed by atoms with Gasteiger partial charge in [0.25, 0.3) is 11.6 Å². The van der Waals surface area contributed by atoms with Gasteiger partial charge in [-0.3, -0.25) is 20.8 Å². The Morgan fingerprint density at radius 2 is 2.25 bits per heavy atom. The van der Waals surface area contributed by atoms with E-state index in [0.717, 1.165) is 12.8 Å². The van der Waals surface area contributed by atoms with Crippen LogP contribution in [0.2, 0.25) is 0 Å². The van der Waals surface area contributed by atoms with Gasteiger partial charge in [-0.25, -0.2) is 0 Å². The lowest BCUT2D eigenvalue weighted by atomic mass is 10.1. The number of hydrogen-bond donors (Lipinski definition) is 2. The predicted octanol–water partition coefficient (Wildman–Crippen LogP) is 1.75. The van der Waals surface area contributed by atoms with Gasteiger partial charge in [0.1, 0.15) is 5.56 Å². The number of nitrogens with one attached hydrogen (secondary N) is 1. The number of carbonyl (C=O) groups is 1. The Labute approximate surface area is 116 Å². The fourth-order valence-electron chi connectivity index (χ4n) is 2.09. The maximum Gasteiger partial charge on any atom is 0.282 e. The summed E-state index contributed by atoms with van der Waals surface area (Å²) in [6, 6.07) is 4.20. The summed E-state index contributed by atoms with van der Waals surface area (Å²) in [6.07, 6.45) is 2.24. The third-order valence-corrected chi connectivity index (χ3v) is 3.43. The Morgan fingerprint density at radius 3 is 2.75 bits per heavy atom. The molecular weight excluding hydrogens is 260 g/mol. The van der Waals surface area contributed by atoms with Crippen molar-refractivity contribution in [3.05, 3.63) is 33.9 Å². The molecule has 0 spiro atoms. The molecule has 0 bridgehead atoms. The van der Waals surface area contributed by atoms with Crippen LogP contribution in [0.25, 0.3) is 0 Å². The first-order valence-corrected chi connectivity index (χ1v) is 6.61. The fourth-order valence-corrected chi connectivity index (χ4v) is 2.09. The average Bonchev–Trinajstić information content (AvgIpc) is 3.27. The van der Waals surface area contributed by atoms with Crippen molar-refractivity contribution < 1.29 is 9.72 Å². The fraction of sp³-hybridized carbons (Fsp3) is 0.462. The van der Waals surface area contributed by atoms with Crippen LogP contribution < -0.4 is 11.3 Å². The number of nitro benzene ring substituents is 1. The van der Waals surface area contributed by atoms with Gasteiger partial charge in [0.05, 0.1) is 4.92 Å². The second-order valence-corrected chi connectivity index (χ2v) is 4.92. The van der Waals surface area contributed by atoms with Gasteiger partial charge >= 0.3 is 0 Å². The molecule has 0 unspecified atom stereocenters. The van der Waals surface area contributed by atoms with Crippen LogP contribution in [0.15, 0.2) is 18.2 Å². The van der Waals surface area contributed by atoms with Gasteiger partial charge in [0.15, 0.2) is 0 Å². The number of nitrogens with two attached hydrogens (primary N) is 1. The largest absolute Gasteiger partial charge is 0.338 e. The summed E-state index contributed by atoms with van der Waals surface area (Å²) in [4.78, 5) is 24.6. The highest BCUT2D eigenvalue weighted by Crippen LogP contribution is 2.31. The van der Waals surface area contributed by atoms with E-state index in [0.29, 0.717) is 24.7 Å². The van der Waals surface area contributed by atoms with E-state index in [1.165, 1.54) is 18.2 Å². The Morgan fingerprint density at radius 1 is 1.55 bits per heavy atom. The lowest BCUT2D eigenvalue weighted by Crippen LogP contribution is -2.33. The van der Waals surface area contributed by atoms with Gasteiger partial charge in [0, 0.05) is 24.8 Å². The Kier molecular flexibility index (Phi) is 4.19. The number of anilines is 1. The van der Waals surface area contributed by atoms with Crippen molar-refractivity contribution in [2.24, 2.45) is 11.8 Å². The molecule has 1 fully saturated rings. The number of hydrogen-bond acceptors (Lipinski definition) is 5. The van der Waals surface area contributed by atoms with Crippen molar-refractivity contribution in [2.75, 3.05) is 18.5 Å². The predicted molar refractivity (Wildman–Crippen MR) is 75.2 cm³/mol. The summed E-state index contributed by atoms with van der Waals surface area (Å²) in [6.45, 7) is 3.07. The highest BCUT2D eigenvalue weighted by atomic mass is 16.6. The number of hydrazine groups is 1. The van der Waals surface area contributed by atoms with Crippen LogP contribution in [-0.2, 0) is 0 Å². The zero-order chi connectivity index (χ0) is 14.7. The molecule has 7 heteroatoms. The van der Waals surface area contributed by atoms with Crippen molar-refractivity contribution in [1.29, 1.82) is 0 Å². The van der Waals surface area contributed by atoms with Gasteiger partial charge in [0.2, 0.25) is 0 Å². The standard InChI is InChI=1S/C13H18N4O3/c1-2-16(8-9-3-4-9)13(18)11-7-10(15-14)5-6-12(11)17(19)20/h5-7,9,15H,2-4,8,14H2,1H3. The molecule has 0 heterocycles. The highest BCUT2D eigenvalue weighted by Gasteiger charge is 2.29. The van der Waals surface area contributed by atoms with E-state index in [4.69, 9.17) is 5.84 Å². The number of nitro groups is 1. The Balaban J connectivity index is 2.31. The number of benzene rings is 1. The maximum atomic E-state index is 12.5. The van der Waals surface area contributed by atoms with Gasteiger partial charge in [-0.1, -0.05) is 0 Å². The van der Waals surface area contributed by atoms with Crippen LogP contribution >= 0.6 is 0 Å². The molecule has 0 aromatic heterocycles. The van der Waals surface area contributed by atoms with Crippen LogP contribution in [0.4, 0.5) is 11.4 Å². The molecule has 1 aliphatic rings. The van der Waals surface area contributed by atoms with E-state index >= 15 is 0 Å². The molecule has 108 valence electrons. The number of nitrogen functional groups attached to an aromatic ring is 1. The summed E-state index contributed by atoms with van der Waals surface area (Å²) < 4.78 is 0. The number of carbonyl (C=O) groups excluding carboxylic acids is 1. The van der Waals surface area contributed by atoms with E-state index < -0.39 is 4.92 Å². The molecule has 0 aliphatic heterocycles. The third kappa shape index (κ3) is 3.05. The van der Waals surface area contributed by atoms with Gasteiger partial charge < -0.3 is 10.3 Å². The molecule has 20 heavy (non-hydrogen) atoms. The summed E-state index contributed by atoms with van der Waals surface area (Å²) in [5, 5.41) is 11.1. The molecule has 1 saturated carbocycles. The topological polar surface area (TPSA) is 102 Å². The lowest BCUT2D eigenvalue weighted by Gasteiger charge is -2.20. The highest BCUT2D eigenvalue weighted by molar-refractivity contribution is 5.99. The van der Waals surface area contributed by atoms with Gasteiger partial charge in [-0.2, -0.15) is 0 Å². The smallest absolute Gasteiger partial charge is 0.282 e. The molecule has 1 amide bonds. The second kappa shape index (κ2) is 5.87. The van der Waals surface area contributed by atoms with Crippen molar-refractivity contribution in [3.8, 4) is 0 Å². The molecule has 1 aliphatic carbocycles. The molecular formula is C13H18N4O3. The van der Waals surface area contributed by atoms with Crippen molar-refractivity contribution in [2.45, 2.75) is 19.8 Å². The monoisotopic (exact) mass is 278 g/mol. The van der Waals surface area contributed by atoms with Gasteiger partial charge in [-0.15, -0.1) is 0 Å². The molecule has 1 aromatic rings. The first-order chi connectivity index (χ1) is 9.56. The normalized spacial score (nSPS) is 13.9. The van der Waals surface area contributed by atoms with E-state index in [1.807, 2.05) is 6.92 Å². The molecule has 3 N–H and O–H groups in total. The molecule has 0 saturated heterocycles. The minimum atomic E-state index is -0.543. The van der Waals surface area contributed by atoms with E-state index in [9.17, 15) is 14.9 Å². The quantitative estimate of drug-likeness (QED) is 0.469. The maximum absolute atomic E-state index is 12.5. The average molecular weight is 278 g/mol. The van der Waals surface area contributed by atoms with Crippen LogP contribution in [0.1, 0.15) is 30.1 Å². The second-order valence-electron chi connectivity index (χ2n) is 4.92. The first kappa shape index (κ1) is 14.3. The molecule has 2 rings (SSSR count). The summed E-state index contributed by atoms with van der Waals surface area (Å²) >= 11 is 0. The minimum absolute atomic E-state index is 0.0768. The lowest BCUT2D eigenvalue weighted by molar-refractivity contribution is -0.385. The van der Waals surface area contributed by atoms with Crippen LogP contribution in [0.3, 0.4) is 0 Å². The minimum Gasteiger partial charge on any atom is -0.338 e. The van der Waals surface area contributed by atoms with Crippen molar-refractivity contribution in [3.63, 3.8) is 0 Å². The van der Waals surface area contributed by atoms with E-state index in [1.54, 1.807) is 4.90 Å². The van der Waals surface area contributed by atoms with Crippen LogP contribution in [0.5, 0.6) is 0 Å². The van der Waals surface area contributed by atoms with Gasteiger partial charge in [-0.05, 0) is 37.8 Å². The van der Waals surface area contributed by atoms with Crippen LogP contribution in [-0.4, -0.2) is 28.8 Å². The zero-order valence-corrected chi connectivity index (χ0v) is 11.3. The molecule has 0 atom stereocenters. The van der Waals surface area contributed by atoms with Crippen molar-refractivity contribution in [1.82, 2.24) is 4.90 Å². The number of amides is 1.